The number of hydrogen-bond acceptors (Lipinski definition) is 6. The van der Waals surface area contributed by atoms with Gasteiger partial charge in [0.05, 0.1) is 18.8 Å². The fraction of sp³-hybridized carbons (Fsp3) is 0.882. The van der Waals surface area contributed by atoms with Gasteiger partial charge in [-0.2, -0.15) is 0 Å². The van der Waals surface area contributed by atoms with E-state index in [-0.39, 0.29) is 11.8 Å². The average molecular weight is 346 g/mol. The van der Waals surface area contributed by atoms with Gasteiger partial charge in [-0.15, -0.1) is 0 Å². The Morgan fingerprint density at radius 1 is 1.21 bits per heavy atom. The Hall–Kier alpha value is -1.18. The maximum atomic E-state index is 12.6. The number of carbonyl (C=O) groups is 2. The van der Waals surface area contributed by atoms with Crippen LogP contribution in [-0.4, -0.2) is 48.2 Å². The molecule has 0 aromatic rings. The van der Waals surface area contributed by atoms with Crippen LogP contribution in [0.15, 0.2) is 0 Å². The third kappa shape index (κ3) is 8.61. The first-order valence-electron chi connectivity index (χ1n) is 8.55. The van der Waals surface area contributed by atoms with E-state index >= 15 is 0 Å². The van der Waals surface area contributed by atoms with E-state index < -0.39 is 30.1 Å². The number of aliphatic hydroxyl groups excluding tert-OH is 1. The van der Waals surface area contributed by atoms with E-state index in [1.807, 2.05) is 41.5 Å². The lowest BCUT2D eigenvalue weighted by Crippen LogP contribution is -2.56. The summed E-state index contributed by atoms with van der Waals surface area (Å²) < 4.78 is 10.1. The number of methoxy groups -OCH3 is 1. The first kappa shape index (κ1) is 22.8. The first-order valence-corrected chi connectivity index (χ1v) is 8.55. The largest absolute Gasteiger partial charge is 0.467 e. The zero-order chi connectivity index (χ0) is 18.9. The van der Waals surface area contributed by atoms with Gasteiger partial charge in [0, 0.05) is 0 Å². The molecule has 7 heteroatoms. The van der Waals surface area contributed by atoms with E-state index in [9.17, 15) is 14.7 Å². The molecule has 2 unspecified atom stereocenters. The smallest absolute Gasteiger partial charge is 0.328 e. The number of aliphatic hydroxyl groups is 1. The van der Waals surface area contributed by atoms with Crippen LogP contribution in [0.2, 0.25) is 0 Å². The highest BCUT2D eigenvalue weighted by molar-refractivity contribution is 5.87. The van der Waals surface area contributed by atoms with Crippen LogP contribution in [0.5, 0.6) is 0 Å². The van der Waals surface area contributed by atoms with Crippen molar-refractivity contribution in [2.75, 3.05) is 7.11 Å². The molecule has 0 aliphatic heterocycles. The van der Waals surface area contributed by atoms with Crippen molar-refractivity contribution in [1.82, 2.24) is 10.6 Å². The fourth-order valence-corrected chi connectivity index (χ4v) is 2.20. The Labute approximate surface area is 145 Å². The lowest BCUT2D eigenvalue weighted by molar-refractivity contribution is -0.188. The summed E-state index contributed by atoms with van der Waals surface area (Å²) in [5.41, 5.74) is -0.556. The zero-order valence-electron chi connectivity index (χ0n) is 16.0. The summed E-state index contributed by atoms with van der Waals surface area (Å²) in [7, 11) is 1.29. The molecule has 0 radical (unpaired) electrons. The minimum atomic E-state index is -1.28. The minimum Gasteiger partial charge on any atom is -0.467 e. The van der Waals surface area contributed by atoms with Crippen molar-refractivity contribution in [3.63, 3.8) is 0 Å². The predicted molar refractivity (Wildman–Crippen MR) is 92.1 cm³/mol. The SMILES string of the molecule is CCC[C@H](NC(=O)[C@@H](NC(O)OC(C)(C)C)C(C)CC)C(=O)OC. The van der Waals surface area contributed by atoms with E-state index in [1.165, 1.54) is 7.11 Å². The van der Waals surface area contributed by atoms with Crippen molar-refractivity contribution in [3.05, 3.63) is 0 Å². The summed E-state index contributed by atoms with van der Waals surface area (Å²) in [5, 5.41) is 15.5. The topological polar surface area (TPSA) is 96.9 Å². The number of esters is 1. The number of amides is 1. The van der Waals surface area contributed by atoms with Crippen molar-refractivity contribution in [2.24, 2.45) is 5.92 Å². The molecule has 0 heterocycles. The van der Waals surface area contributed by atoms with Crippen LogP contribution in [0, 0.1) is 5.92 Å². The monoisotopic (exact) mass is 346 g/mol. The maximum absolute atomic E-state index is 12.6. The first-order chi connectivity index (χ1) is 11.1. The summed E-state index contributed by atoms with van der Waals surface area (Å²) in [6, 6.07) is -1.38. The van der Waals surface area contributed by atoms with Gasteiger partial charge in [0.1, 0.15) is 6.04 Å². The van der Waals surface area contributed by atoms with Gasteiger partial charge in [-0.1, -0.05) is 33.6 Å². The third-order valence-electron chi connectivity index (χ3n) is 3.66. The Bertz CT molecular complexity index is 395. The summed E-state index contributed by atoms with van der Waals surface area (Å²) in [6.45, 7) is 11.2. The molecular formula is C17H34N2O5. The summed E-state index contributed by atoms with van der Waals surface area (Å²) in [4.78, 5) is 24.4. The molecule has 0 rings (SSSR count). The van der Waals surface area contributed by atoms with Crippen LogP contribution in [0.4, 0.5) is 0 Å². The van der Waals surface area contributed by atoms with Gasteiger partial charge in [-0.3, -0.25) is 10.1 Å². The highest BCUT2D eigenvalue weighted by Crippen LogP contribution is 2.13. The second kappa shape index (κ2) is 10.6. The van der Waals surface area contributed by atoms with Gasteiger partial charge < -0.3 is 19.9 Å². The predicted octanol–water partition coefficient (Wildman–Crippen LogP) is 1.54. The van der Waals surface area contributed by atoms with E-state index in [2.05, 4.69) is 10.6 Å². The van der Waals surface area contributed by atoms with Crippen molar-refractivity contribution in [3.8, 4) is 0 Å². The van der Waals surface area contributed by atoms with Crippen molar-refractivity contribution >= 4 is 11.9 Å². The summed E-state index contributed by atoms with van der Waals surface area (Å²) >= 11 is 0. The van der Waals surface area contributed by atoms with Crippen LogP contribution in [-0.2, 0) is 19.1 Å². The Morgan fingerprint density at radius 2 is 1.79 bits per heavy atom. The summed E-state index contributed by atoms with van der Waals surface area (Å²) in [5.74, 6) is -0.882. The average Bonchev–Trinajstić information content (AvgIpc) is 2.48. The number of ether oxygens (including phenoxy) is 2. The van der Waals surface area contributed by atoms with Gasteiger partial charge >= 0.3 is 5.97 Å². The number of hydrogen-bond donors (Lipinski definition) is 3. The zero-order valence-corrected chi connectivity index (χ0v) is 16.0. The van der Waals surface area contributed by atoms with Crippen molar-refractivity contribution < 1.29 is 24.2 Å². The normalized spacial score (nSPS) is 16.8. The molecule has 3 N–H and O–H groups in total. The molecule has 0 aromatic heterocycles. The van der Waals surface area contributed by atoms with Crippen LogP contribution in [0.3, 0.4) is 0 Å². The maximum Gasteiger partial charge on any atom is 0.328 e. The fourth-order valence-electron chi connectivity index (χ4n) is 2.20. The molecule has 0 aliphatic carbocycles. The molecule has 142 valence electrons. The summed E-state index contributed by atoms with van der Waals surface area (Å²) in [6.07, 6.45) is 0.672. The van der Waals surface area contributed by atoms with E-state index in [4.69, 9.17) is 9.47 Å². The molecule has 0 bridgehead atoms. The van der Waals surface area contributed by atoms with Crippen LogP contribution in [0.25, 0.3) is 0 Å². The van der Waals surface area contributed by atoms with E-state index in [1.54, 1.807) is 0 Å². The standard InChI is InChI=1S/C17H34N2O5/c1-8-10-12(15(21)23-7)18-14(20)13(11(3)9-2)19-16(22)24-17(4,5)6/h11-13,16,19,22H,8-10H2,1-7H3,(H,18,20)/t11?,12-,13-,16?/m0/s1. The minimum absolute atomic E-state index is 0.0526. The van der Waals surface area contributed by atoms with Gasteiger partial charge in [-0.05, 0) is 33.1 Å². The molecule has 0 fully saturated rings. The number of carbonyl (C=O) groups excluding carboxylic acids is 2. The van der Waals surface area contributed by atoms with Gasteiger partial charge in [0.2, 0.25) is 12.3 Å². The van der Waals surface area contributed by atoms with Gasteiger partial charge in [0.25, 0.3) is 0 Å². The van der Waals surface area contributed by atoms with Crippen LogP contribution < -0.4 is 10.6 Å². The molecule has 0 aromatic carbocycles. The molecule has 4 atom stereocenters. The number of rotatable bonds is 10. The molecule has 0 saturated heterocycles. The van der Waals surface area contributed by atoms with Crippen molar-refractivity contribution in [1.29, 1.82) is 0 Å². The highest BCUT2D eigenvalue weighted by Gasteiger charge is 2.31. The third-order valence-corrected chi connectivity index (χ3v) is 3.66. The molecular weight excluding hydrogens is 312 g/mol. The van der Waals surface area contributed by atoms with Crippen molar-refractivity contribution in [2.45, 2.75) is 84.9 Å². The van der Waals surface area contributed by atoms with E-state index in [0.29, 0.717) is 6.42 Å². The van der Waals surface area contributed by atoms with E-state index in [0.717, 1.165) is 12.8 Å². The van der Waals surface area contributed by atoms with Crippen LogP contribution in [0.1, 0.15) is 60.8 Å². The Balaban J connectivity index is 5.02. The molecule has 1 amide bonds. The number of nitrogens with one attached hydrogen (secondary N) is 2. The molecule has 0 spiro atoms. The van der Waals surface area contributed by atoms with Crippen LogP contribution >= 0.6 is 0 Å². The Morgan fingerprint density at radius 3 is 2.21 bits per heavy atom. The Kier molecular flexibility index (Phi) is 10.1. The molecule has 7 nitrogen and oxygen atoms in total. The lowest BCUT2D eigenvalue weighted by Gasteiger charge is -2.30. The highest BCUT2D eigenvalue weighted by atomic mass is 16.6. The molecule has 0 saturated carbocycles. The molecule has 24 heavy (non-hydrogen) atoms. The van der Waals surface area contributed by atoms with Gasteiger partial charge in [-0.25, -0.2) is 4.79 Å². The second-order valence-corrected chi connectivity index (χ2v) is 6.99. The second-order valence-electron chi connectivity index (χ2n) is 6.99. The quantitative estimate of drug-likeness (QED) is 0.410. The molecule has 0 aliphatic rings. The lowest BCUT2D eigenvalue weighted by atomic mass is 9.98. The van der Waals surface area contributed by atoms with Gasteiger partial charge in [0.15, 0.2) is 0 Å².